The van der Waals surface area contributed by atoms with Crippen molar-refractivity contribution in [1.82, 2.24) is 4.98 Å². The van der Waals surface area contributed by atoms with Crippen LogP contribution in [-0.2, 0) is 0 Å². The number of hydrazone groups is 1. The Hall–Kier alpha value is -4.29. The molecule has 5 aromatic rings. The first-order chi connectivity index (χ1) is 18.7. The van der Waals surface area contributed by atoms with Crippen molar-refractivity contribution in [3.05, 3.63) is 124 Å². The van der Waals surface area contributed by atoms with E-state index in [4.69, 9.17) is 14.5 Å². The van der Waals surface area contributed by atoms with Crippen LogP contribution in [0.5, 0.6) is 0 Å². The molecule has 5 nitrogen and oxygen atoms in total. The van der Waals surface area contributed by atoms with Gasteiger partial charge < -0.3 is 4.42 Å². The van der Waals surface area contributed by atoms with Crippen molar-refractivity contribution < 1.29 is 4.42 Å². The fourth-order valence-corrected chi connectivity index (χ4v) is 6.53. The largest absolute Gasteiger partial charge is 0.422 e. The Morgan fingerprint density at radius 1 is 0.947 bits per heavy atom. The van der Waals surface area contributed by atoms with Crippen LogP contribution in [0, 0.1) is 5.92 Å². The van der Waals surface area contributed by atoms with E-state index in [0.717, 1.165) is 40.4 Å². The zero-order valence-corrected chi connectivity index (χ0v) is 21.5. The molecule has 38 heavy (non-hydrogen) atoms. The molecule has 0 radical (unpaired) electrons. The highest BCUT2D eigenvalue weighted by Crippen LogP contribution is 2.47. The highest BCUT2D eigenvalue weighted by molar-refractivity contribution is 7.18. The van der Waals surface area contributed by atoms with E-state index in [0.29, 0.717) is 11.1 Å². The first-order valence-electron chi connectivity index (χ1n) is 12.9. The number of thiazole rings is 1. The Labute approximate surface area is 224 Å². The Morgan fingerprint density at radius 3 is 2.55 bits per heavy atom. The summed E-state index contributed by atoms with van der Waals surface area (Å²) in [5.74, 6) is 0.277. The molecule has 3 aromatic carbocycles. The minimum atomic E-state index is -0.354. The van der Waals surface area contributed by atoms with E-state index >= 15 is 0 Å². The summed E-state index contributed by atoms with van der Waals surface area (Å²) in [6.07, 6.45) is 7.27. The van der Waals surface area contributed by atoms with Gasteiger partial charge in [0.2, 0.25) is 5.13 Å². The molecule has 0 bridgehead atoms. The average molecular weight is 516 g/mol. The van der Waals surface area contributed by atoms with E-state index < -0.39 is 0 Å². The lowest BCUT2D eigenvalue weighted by molar-refractivity contribution is 0.487. The summed E-state index contributed by atoms with van der Waals surface area (Å²) in [7, 11) is 0. The van der Waals surface area contributed by atoms with Gasteiger partial charge in [0.1, 0.15) is 5.58 Å². The molecule has 0 amide bonds. The monoisotopic (exact) mass is 515 g/mol. The molecular formula is C32H25N3O2S. The highest BCUT2D eigenvalue weighted by Gasteiger charge is 2.42. The minimum Gasteiger partial charge on any atom is -0.422 e. The number of anilines is 1. The number of para-hydroxylation sites is 1. The Kier molecular flexibility index (Phi) is 5.74. The molecule has 1 aliphatic heterocycles. The van der Waals surface area contributed by atoms with Crippen LogP contribution in [0.4, 0.5) is 5.13 Å². The molecule has 1 aliphatic carbocycles. The molecular weight excluding hydrogens is 490 g/mol. The van der Waals surface area contributed by atoms with Crippen molar-refractivity contribution in [3.8, 4) is 10.4 Å². The van der Waals surface area contributed by atoms with E-state index in [9.17, 15) is 4.79 Å². The molecule has 2 aromatic heterocycles. The van der Waals surface area contributed by atoms with Crippen molar-refractivity contribution in [3.63, 3.8) is 0 Å². The fourth-order valence-electron chi connectivity index (χ4n) is 5.62. The van der Waals surface area contributed by atoms with E-state index in [1.165, 1.54) is 28.0 Å². The third-order valence-corrected chi connectivity index (χ3v) is 8.40. The van der Waals surface area contributed by atoms with Gasteiger partial charge in [0, 0.05) is 17.5 Å². The van der Waals surface area contributed by atoms with E-state index in [-0.39, 0.29) is 17.6 Å². The summed E-state index contributed by atoms with van der Waals surface area (Å²) in [5, 5.41) is 8.97. The standard InChI is InChI=1S/C32H25N3O2S/c36-31-26(19-23-14-7-8-17-27(23)37-31)28-20-33-32(38-28)35-30(22-12-5-2-6-13-22)25-16-9-15-24(29(25)34-35)18-21-10-3-1-4-11-21/h1-8,10-14,17-20,25,30H,9,15-16H2. The summed E-state index contributed by atoms with van der Waals surface area (Å²) >= 11 is 1.48. The van der Waals surface area contributed by atoms with E-state index in [1.54, 1.807) is 6.20 Å². The van der Waals surface area contributed by atoms with Crippen LogP contribution in [0.2, 0.25) is 0 Å². The van der Waals surface area contributed by atoms with Gasteiger partial charge >= 0.3 is 5.63 Å². The van der Waals surface area contributed by atoms with Crippen molar-refractivity contribution in [2.75, 3.05) is 5.01 Å². The van der Waals surface area contributed by atoms with Gasteiger partial charge in [0.25, 0.3) is 0 Å². The van der Waals surface area contributed by atoms with Gasteiger partial charge in [-0.1, -0.05) is 90.2 Å². The predicted octanol–water partition coefficient (Wildman–Crippen LogP) is 7.72. The second kappa shape index (κ2) is 9.54. The lowest BCUT2D eigenvalue weighted by Crippen LogP contribution is -2.27. The Bertz CT molecular complexity index is 1740. The van der Waals surface area contributed by atoms with Crippen LogP contribution < -0.4 is 10.6 Å². The molecule has 3 heterocycles. The number of fused-ring (bicyclic) bond motifs is 2. The third-order valence-electron chi connectivity index (χ3n) is 7.38. The van der Waals surface area contributed by atoms with Crippen molar-refractivity contribution in [2.45, 2.75) is 25.3 Å². The smallest absolute Gasteiger partial charge is 0.345 e. The Balaban J connectivity index is 1.32. The van der Waals surface area contributed by atoms with Gasteiger partial charge in [-0.05, 0) is 54.2 Å². The fraction of sp³-hybridized carbons (Fsp3) is 0.156. The lowest BCUT2D eigenvalue weighted by atomic mass is 9.77. The van der Waals surface area contributed by atoms with Gasteiger partial charge in [-0.3, -0.25) is 0 Å². The van der Waals surface area contributed by atoms with Crippen LogP contribution in [-0.4, -0.2) is 10.7 Å². The minimum absolute atomic E-state index is 0.0534. The van der Waals surface area contributed by atoms with Gasteiger partial charge in [-0.15, -0.1) is 0 Å². The van der Waals surface area contributed by atoms with Crippen LogP contribution in [0.3, 0.4) is 0 Å². The second-order valence-corrected chi connectivity index (χ2v) is 10.8. The molecule has 1 saturated carbocycles. The molecule has 0 spiro atoms. The van der Waals surface area contributed by atoms with Crippen LogP contribution >= 0.6 is 11.3 Å². The van der Waals surface area contributed by atoms with Crippen molar-refractivity contribution in [2.24, 2.45) is 11.0 Å². The number of nitrogens with zero attached hydrogens (tertiary/aromatic N) is 3. The summed E-state index contributed by atoms with van der Waals surface area (Å²) in [6.45, 7) is 0. The number of allylic oxidation sites excluding steroid dienone is 1. The summed E-state index contributed by atoms with van der Waals surface area (Å²) in [5.41, 5.74) is 5.62. The maximum Gasteiger partial charge on any atom is 0.345 e. The van der Waals surface area contributed by atoms with Gasteiger partial charge in [0.15, 0.2) is 0 Å². The maximum absolute atomic E-state index is 12.8. The zero-order chi connectivity index (χ0) is 25.5. The van der Waals surface area contributed by atoms with Crippen molar-refractivity contribution >= 4 is 39.2 Å². The summed E-state index contributed by atoms with van der Waals surface area (Å²) in [6, 6.07) is 30.6. The number of hydrogen-bond donors (Lipinski definition) is 0. The number of hydrogen-bond acceptors (Lipinski definition) is 6. The normalized spacial score (nSPS) is 20.1. The van der Waals surface area contributed by atoms with Gasteiger partial charge in [0.05, 0.1) is 22.2 Å². The summed E-state index contributed by atoms with van der Waals surface area (Å²) < 4.78 is 5.59. The Morgan fingerprint density at radius 2 is 1.71 bits per heavy atom. The molecule has 2 aliphatic rings. The first kappa shape index (κ1) is 22.9. The topological polar surface area (TPSA) is 58.7 Å². The van der Waals surface area contributed by atoms with E-state index in [2.05, 4.69) is 59.6 Å². The lowest BCUT2D eigenvalue weighted by Gasteiger charge is -2.29. The van der Waals surface area contributed by atoms with E-state index in [1.807, 2.05) is 42.5 Å². The van der Waals surface area contributed by atoms with Crippen LogP contribution in [0.1, 0.15) is 36.4 Å². The first-order valence-corrected chi connectivity index (χ1v) is 13.7. The zero-order valence-electron chi connectivity index (χ0n) is 20.7. The van der Waals surface area contributed by atoms with Gasteiger partial charge in [-0.25, -0.2) is 14.8 Å². The van der Waals surface area contributed by atoms with Crippen molar-refractivity contribution in [1.29, 1.82) is 0 Å². The summed E-state index contributed by atoms with van der Waals surface area (Å²) in [4.78, 5) is 18.4. The number of rotatable bonds is 4. The van der Waals surface area contributed by atoms with Crippen LogP contribution in [0.25, 0.3) is 27.5 Å². The molecule has 0 N–H and O–H groups in total. The molecule has 7 rings (SSSR count). The SMILES string of the molecule is O=c1oc2ccccc2cc1-c1cnc(N2N=C3C(=Cc4ccccc4)CCCC3C2c2ccccc2)s1. The molecule has 6 heteroatoms. The maximum atomic E-state index is 12.8. The number of benzene rings is 3. The highest BCUT2D eigenvalue weighted by atomic mass is 32.1. The predicted molar refractivity (Wildman–Crippen MR) is 154 cm³/mol. The average Bonchev–Trinajstić information content (AvgIpc) is 3.60. The molecule has 186 valence electrons. The third kappa shape index (κ3) is 4.07. The van der Waals surface area contributed by atoms with Crippen LogP contribution in [0.15, 0.2) is 117 Å². The molecule has 0 saturated heterocycles. The molecule has 1 fully saturated rings. The molecule has 2 atom stereocenters. The second-order valence-electron chi connectivity index (χ2n) is 9.76. The molecule has 2 unspecified atom stereocenters. The van der Waals surface area contributed by atoms with Gasteiger partial charge in [-0.2, -0.15) is 5.10 Å². The number of aromatic nitrogens is 1. The quantitative estimate of drug-likeness (QED) is 0.230.